The number of ether oxygens (including phenoxy) is 1. The molecular formula is C9H16F2O2. The molecule has 2 nitrogen and oxygen atoms in total. The highest BCUT2D eigenvalue weighted by Gasteiger charge is 2.21. The van der Waals surface area contributed by atoms with E-state index in [2.05, 4.69) is 0 Å². The lowest BCUT2D eigenvalue weighted by atomic mass is 9.88. The summed E-state index contributed by atoms with van der Waals surface area (Å²) in [7, 11) is 0. The minimum atomic E-state index is -2.37. The van der Waals surface area contributed by atoms with E-state index in [0.29, 0.717) is 5.92 Å². The maximum atomic E-state index is 11.8. The molecular weight excluding hydrogens is 178 g/mol. The summed E-state index contributed by atoms with van der Waals surface area (Å²) in [5.41, 5.74) is 0. The summed E-state index contributed by atoms with van der Waals surface area (Å²) in [5.74, 6) is 0.353. The van der Waals surface area contributed by atoms with Crippen molar-refractivity contribution < 1.29 is 18.6 Å². The average Bonchev–Trinajstić information content (AvgIpc) is 2.15. The van der Waals surface area contributed by atoms with Gasteiger partial charge in [0.2, 0.25) is 0 Å². The normalized spacial score (nSPS) is 29.5. The Kier molecular flexibility index (Phi) is 4.59. The van der Waals surface area contributed by atoms with Crippen LogP contribution in [-0.4, -0.2) is 30.8 Å². The minimum Gasteiger partial charge on any atom is -0.396 e. The third kappa shape index (κ3) is 4.00. The third-order valence-electron chi connectivity index (χ3n) is 2.51. The maximum Gasteiger partial charge on any atom is 0.261 e. The Morgan fingerprint density at radius 1 is 1.23 bits per heavy atom. The lowest BCUT2D eigenvalue weighted by molar-refractivity contribution is -0.0440. The summed E-state index contributed by atoms with van der Waals surface area (Å²) < 4.78 is 28.5. The molecule has 1 saturated carbocycles. The average molecular weight is 194 g/mol. The van der Waals surface area contributed by atoms with Gasteiger partial charge in [-0.15, -0.1) is 0 Å². The molecule has 0 radical (unpaired) electrons. The van der Waals surface area contributed by atoms with Crippen LogP contribution in [0.4, 0.5) is 8.78 Å². The van der Waals surface area contributed by atoms with Crippen molar-refractivity contribution in [2.24, 2.45) is 5.92 Å². The summed E-state index contributed by atoms with van der Waals surface area (Å²) in [6.45, 7) is -0.240. The van der Waals surface area contributed by atoms with E-state index in [1.165, 1.54) is 0 Å². The Labute approximate surface area is 76.9 Å². The van der Waals surface area contributed by atoms with Crippen molar-refractivity contribution in [3.05, 3.63) is 0 Å². The molecule has 0 aromatic rings. The smallest absolute Gasteiger partial charge is 0.261 e. The van der Waals surface area contributed by atoms with Crippen LogP contribution in [0.5, 0.6) is 0 Å². The van der Waals surface area contributed by atoms with Crippen LogP contribution < -0.4 is 0 Å². The highest BCUT2D eigenvalue weighted by Crippen LogP contribution is 2.25. The van der Waals surface area contributed by atoms with Crippen LogP contribution in [0.1, 0.15) is 25.7 Å². The van der Waals surface area contributed by atoms with Gasteiger partial charge in [0, 0.05) is 6.61 Å². The van der Waals surface area contributed by atoms with Gasteiger partial charge in [-0.3, -0.25) is 0 Å². The zero-order valence-corrected chi connectivity index (χ0v) is 7.59. The molecule has 0 aromatic carbocycles. The zero-order valence-electron chi connectivity index (χ0n) is 7.59. The van der Waals surface area contributed by atoms with E-state index in [-0.39, 0.29) is 12.7 Å². The van der Waals surface area contributed by atoms with Crippen LogP contribution in [0.2, 0.25) is 0 Å². The van der Waals surface area contributed by atoms with E-state index in [0.717, 1.165) is 25.7 Å². The molecule has 1 rings (SSSR count). The molecule has 0 heterocycles. The van der Waals surface area contributed by atoms with Gasteiger partial charge in [0.1, 0.15) is 6.61 Å². The van der Waals surface area contributed by atoms with Crippen LogP contribution in [0.3, 0.4) is 0 Å². The molecule has 13 heavy (non-hydrogen) atoms. The number of rotatable bonds is 4. The molecule has 0 atom stereocenters. The third-order valence-corrected chi connectivity index (χ3v) is 2.51. The van der Waals surface area contributed by atoms with E-state index in [1.54, 1.807) is 0 Å². The fourth-order valence-electron chi connectivity index (χ4n) is 1.69. The molecule has 1 aliphatic rings. The van der Waals surface area contributed by atoms with Gasteiger partial charge in [-0.05, 0) is 31.6 Å². The lowest BCUT2D eigenvalue weighted by Crippen LogP contribution is -2.25. The van der Waals surface area contributed by atoms with Crippen molar-refractivity contribution in [2.75, 3.05) is 13.2 Å². The van der Waals surface area contributed by atoms with Crippen LogP contribution in [0, 0.1) is 5.92 Å². The van der Waals surface area contributed by atoms with Gasteiger partial charge in [-0.25, -0.2) is 8.78 Å². The van der Waals surface area contributed by atoms with Crippen molar-refractivity contribution in [1.82, 2.24) is 0 Å². The van der Waals surface area contributed by atoms with E-state index in [1.807, 2.05) is 0 Å². The molecule has 0 spiro atoms. The molecule has 0 unspecified atom stereocenters. The summed E-state index contributed by atoms with van der Waals surface area (Å²) in [4.78, 5) is 0. The van der Waals surface area contributed by atoms with Gasteiger partial charge < -0.3 is 9.84 Å². The van der Waals surface area contributed by atoms with Gasteiger partial charge in [0.25, 0.3) is 6.43 Å². The second-order valence-electron chi connectivity index (χ2n) is 3.55. The van der Waals surface area contributed by atoms with Crippen molar-refractivity contribution in [1.29, 1.82) is 0 Å². The first-order valence-corrected chi connectivity index (χ1v) is 4.73. The molecule has 1 fully saturated rings. The zero-order chi connectivity index (χ0) is 9.68. The highest BCUT2D eigenvalue weighted by atomic mass is 19.3. The summed E-state index contributed by atoms with van der Waals surface area (Å²) in [6.07, 6.45) is 1.01. The molecule has 0 aliphatic heterocycles. The van der Waals surface area contributed by atoms with Gasteiger partial charge in [-0.2, -0.15) is 0 Å². The van der Waals surface area contributed by atoms with Crippen LogP contribution in [-0.2, 0) is 4.74 Å². The van der Waals surface area contributed by atoms with Crippen molar-refractivity contribution in [2.45, 2.75) is 38.2 Å². The minimum absolute atomic E-state index is 0.0169. The molecule has 4 heteroatoms. The summed E-state index contributed by atoms with van der Waals surface area (Å²) in [6, 6.07) is 0. The second-order valence-corrected chi connectivity index (χ2v) is 3.55. The second kappa shape index (κ2) is 5.50. The first-order valence-electron chi connectivity index (χ1n) is 4.73. The van der Waals surface area contributed by atoms with E-state index in [9.17, 15) is 8.78 Å². The molecule has 0 amide bonds. The monoisotopic (exact) mass is 194 g/mol. The van der Waals surface area contributed by atoms with Crippen molar-refractivity contribution >= 4 is 0 Å². The van der Waals surface area contributed by atoms with Gasteiger partial charge in [0.15, 0.2) is 0 Å². The first-order chi connectivity index (χ1) is 6.22. The van der Waals surface area contributed by atoms with Gasteiger partial charge in [-0.1, -0.05) is 0 Å². The maximum absolute atomic E-state index is 11.8. The highest BCUT2D eigenvalue weighted by molar-refractivity contribution is 4.72. The number of hydrogen-bond acceptors (Lipinski definition) is 2. The van der Waals surface area contributed by atoms with E-state index < -0.39 is 13.0 Å². The number of halogens is 2. The van der Waals surface area contributed by atoms with E-state index >= 15 is 0 Å². The van der Waals surface area contributed by atoms with Gasteiger partial charge in [0.05, 0.1) is 6.10 Å². The van der Waals surface area contributed by atoms with Crippen molar-refractivity contribution in [3.63, 3.8) is 0 Å². The fourth-order valence-corrected chi connectivity index (χ4v) is 1.69. The van der Waals surface area contributed by atoms with Gasteiger partial charge >= 0.3 is 0 Å². The Morgan fingerprint density at radius 3 is 2.31 bits per heavy atom. The first kappa shape index (κ1) is 10.9. The largest absolute Gasteiger partial charge is 0.396 e. The SMILES string of the molecule is OCC1CCC(OCC(F)F)CC1. The Bertz CT molecular complexity index is 134. The molecule has 1 aliphatic carbocycles. The van der Waals surface area contributed by atoms with Crippen LogP contribution >= 0.6 is 0 Å². The molecule has 78 valence electrons. The predicted molar refractivity (Wildman–Crippen MR) is 44.8 cm³/mol. The fraction of sp³-hybridized carbons (Fsp3) is 1.00. The van der Waals surface area contributed by atoms with Crippen LogP contribution in [0.25, 0.3) is 0 Å². The number of alkyl halides is 2. The molecule has 0 bridgehead atoms. The Balaban J connectivity index is 2.10. The standard InChI is InChI=1S/C9H16F2O2/c10-9(11)6-13-8-3-1-7(5-12)2-4-8/h7-9,12H,1-6H2. The molecule has 0 saturated heterocycles. The van der Waals surface area contributed by atoms with Crippen molar-refractivity contribution in [3.8, 4) is 0 Å². The molecule has 1 N–H and O–H groups in total. The summed E-state index contributed by atoms with van der Waals surface area (Å²) >= 11 is 0. The summed E-state index contributed by atoms with van der Waals surface area (Å²) in [5, 5.41) is 8.83. The lowest BCUT2D eigenvalue weighted by Gasteiger charge is -2.27. The number of aliphatic hydroxyl groups excluding tert-OH is 1. The topological polar surface area (TPSA) is 29.5 Å². The van der Waals surface area contributed by atoms with Crippen LogP contribution in [0.15, 0.2) is 0 Å². The quantitative estimate of drug-likeness (QED) is 0.739. The number of aliphatic hydroxyl groups is 1. The number of hydrogen-bond donors (Lipinski definition) is 1. The molecule has 0 aromatic heterocycles. The predicted octanol–water partition coefficient (Wildman–Crippen LogP) is 1.82. The van der Waals surface area contributed by atoms with E-state index in [4.69, 9.17) is 9.84 Å². The Hall–Kier alpha value is -0.220. The Morgan fingerprint density at radius 2 is 1.85 bits per heavy atom.